The molecule has 0 bridgehead atoms. The fourth-order valence-corrected chi connectivity index (χ4v) is 2.72. The normalized spacial score (nSPS) is 16.4. The van der Waals surface area contributed by atoms with Crippen molar-refractivity contribution < 1.29 is 4.79 Å². The second-order valence-electron chi connectivity index (χ2n) is 3.91. The van der Waals surface area contributed by atoms with Gasteiger partial charge in [0.05, 0.1) is 17.0 Å². The van der Waals surface area contributed by atoms with Crippen LogP contribution in [-0.2, 0) is 4.79 Å². The van der Waals surface area contributed by atoms with E-state index in [4.69, 9.17) is 0 Å². The molecule has 0 radical (unpaired) electrons. The van der Waals surface area contributed by atoms with Crippen LogP contribution in [0.1, 0.15) is 11.3 Å². The molecule has 0 fully saturated rings. The van der Waals surface area contributed by atoms with Crippen molar-refractivity contribution in [1.82, 2.24) is 9.59 Å². The summed E-state index contributed by atoms with van der Waals surface area (Å²) in [5, 5.41) is 5.76. The second kappa shape index (κ2) is 4.29. The number of amides is 1. The van der Waals surface area contributed by atoms with Crippen LogP contribution in [0.2, 0.25) is 0 Å². The molecule has 0 saturated carbocycles. The molecule has 0 N–H and O–H groups in total. The fraction of sp³-hybridized carbons (Fsp3) is 0.0833. The van der Waals surface area contributed by atoms with Crippen LogP contribution >= 0.6 is 27.5 Å². The van der Waals surface area contributed by atoms with Gasteiger partial charge >= 0.3 is 0 Å². The zero-order valence-electron chi connectivity index (χ0n) is 9.42. The van der Waals surface area contributed by atoms with Crippen LogP contribution in [0.5, 0.6) is 0 Å². The van der Waals surface area contributed by atoms with Gasteiger partial charge in [-0.1, -0.05) is 20.4 Å². The number of nitrogens with zero attached hydrogens (tertiary/aromatic N) is 3. The van der Waals surface area contributed by atoms with Crippen LogP contribution in [0.3, 0.4) is 0 Å². The Morgan fingerprint density at radius 1 is 1.44 bits per heavy atom. The predicted molar refractivity (Wildman–Crippen MR) is 75.3 cm³/mol. The lowest BCUT2D eigenvalue weighted by Crippen LogP contribution is -2.20. The van der Waals surface area contributed by atoms with Crippen molar-refractivity contribution in [2.45, 2.75) is 0 Å². The SMILES string of the molecule is CN1C(=O)C(=Cc2csnn2)c2cc(Br)ccc21. The van der Waals surface area contributed by atoms with E-state index in [9.17, 15) is 4.79 Å². The predicted octanol–water partition coefficient (Wildman–Crippen LogP) is 2.82. The minimum absolute atomic E-state index is 0.0175. The molecule has 0 saturated heterocycles. The molecule has 6 heteroatoms. The number of rotatable bonds is 1. The molecule has 0 unspecified atom stereocenters. The van der Waals surface area contributed by atoms with Crippen LogP contribution in [0.15, 0.2) is 28.1 Å². The Kier molecular flexibility index (Phi) is 2.76. The van der Waals surface area contributed by atoms with E-state index in [0.29, 0.717) is 11.3 Å². The van der Waals surface area contributed by atoms with E-state index in [2.05, 4.69) is 25.5 Å². The van der Waals surface area contributed by atoms with E-state index in [0.717, 1.165) is 15.7 Å². The van der Waals surface area contributed by atoms with Crippen molar-refractivity contribution in [2.24, 2.45) is 0 Å². The highest BCUT2D eigenvalue weighted by Crippen LogP contribution is 2.38. The minimum atomic E-state index is -0.0175. The number of hydrogen-bond acceptors (Lipinski definition) is 4. The topological polar surface area (TPSA) is 46.1 Å². The Hall–Kier alpha value is -1.53. The van der Waals surface area contributed by atoms with Crippen LogP contribution in [0, 0.1) is 0 Å². The Labute approximate surface area is 116 Å². The van der Waals surface area contributed by atoms with Gasteiger partial charge in [-0.3, -0.25) is 4.79 Å². The van der Waals surface area contributed by atoms with Gasteiger partial charge in [0.2, 0.25) is 0 Å². The van der Waals surface area contributed by atoms with Gasteiger partial charge in [0.25, 0.3) is 5.91 Å². The first-order chi connectivity index (χ1) is 8.66. The molecule has 0 atom stereocenters. The van der Waals surface area contributed by atoms with Crippen molar-refractivity contribution in [3.8, 4) is 0 Å². The van der Waals surface area contributed by atoms with Crippen LogP contribution in [-0.4, -0.2) is 22.5 Å². The van der Waals surface area contributed by atoms with E-state index in [1.54, 1.807) is 18.0 Å². The molecule has 1 amide bonds. The maximum absolute atomic E-state index is 12.2. The first kappa shape index (κ1) is 11.6. The minimum Gasteiger partial charge on any atom is -0.311 e. The van der Waals surface area contributed by atoms with Crippen LogP contribution in [0.25, 0.3) is 11.6 Å². The molecule has 1 aromatic carbocycles. The monoisotopic (exact) mass is 321 g/mol. The lowest BCUT2D eigenvalue weighted by molar-refractivity contribution is -0.112. The van der Waals surface area contributed by atoms with Crippen molar-refractivity contribution in [2.75, 3.05) is 11.9 Å². The summed E-state index contributed by atoms with van der Waals surface area (Å²) in [4.78, 5) is 13.8. The van der Waals surface area contributed by atoms with Crippen molar-refractivity contribution in [3.05, 3.63) is 39.3 Å². The van der Waals surface area contributed by atoms with Gasteiger partial charge in [-0.15, -0.1) is 5.10 Å². The molecule has 0 aliphatic carbocycles. The number of carbonyl (C=O) groups excluding carboxylic acids is 1. The van der Waals surface area contributed by atoms with E-state index in [-0.39, 0.29) is 5.91 Å². The molecular weight excluding hydrogens is 314 g/mol. The van der Waals surface area contributed by atoms with E-state index in [1.807, 2.05) is 23.6 Å². The Morgan fingerprint density at radius 2 is 2.28 bits per heavy atom. The third-order valence-electron chi connectivity index (χ3n) is 2.81. The van der Waals surface area contributed by atoms with Gasteiger partial charge in [-0.25, -0.2) is 0 Å². The largest absolute Gasteiger partial charge is 0.311 e. The lowest BCUT2D eigenvalue weighted by atomic mass is 10.1. The number of aromatic nitrogens is 2. The highest BCUT2D eigenvalue weighted by atomic mass is 79.9. The molecule has 4 nitrogen and oxygen atoms in total. The maximum Gasteiger partial charge on any atom is 0.258 e. The molecule has 1 aromatic heterocycles. The number of anilines is 1. The second-order valence-corrected chi connectivity index (χ2v) is 5.44. The highest BCUT2D eigenvalue weighted by Gasteiger charge is 2.29. The summed E-state index contributed by atoms with van der Waals surface area (Å²) in [6, 6.07) is 5.80. The van der Waals surface area contributed by atoms with Gasteiger partial charge in [0.15, 0.2) is 0 Å². The van der Waals surface area contributed by atoms with Gasteiger partial charge in [0.1, 0.15) is 0 Å². The van der Waals surface area contributed by atoms with Crippen molar-refractivity contribution in [1.29, 1.82) is 0 Å². The first-order valence-electron chi connectivity index (χ1n) is 5.23. The third-order valence-corrected chi connectivity index (χ3v) is 3.83. The Bertz CT molecular complexity index is 651. The number of carbonyl (C=O) groups is 1. The van der Waals surface area contributed by atoms with Crippen LogP contribution in [0.4, 0.5) is 5.69 Å². The standard InChI is InChI=1S/C12H8BrN3OS/c1-16-11-3-2-7(13)4-9(11)10(12(16)17)5-8-6-18-15-14-8/h2-6H,1H3. The molecule has 3 rings (SSSR count). The zero-order chi connectivity index (χ0) is 12.7. The highest BCUT2D eigenvalue weighted by molar-refractivity contribution is 9.10. The molecule has 90 valence electrons. The van der Waals surface area contributed by atoms with Crippen LogP contribution < -0.4 is 4.90 Å². The number of halogens is 1. The molecule has 1 aliphatic rings. The smallest absolute Gasteiger partial charge is 0.258 e. The summed E-state index contributed by atoms with van der Waals surface area (Å²) >= 11 is 4.70. The average Bonchev–Trinajstić information content (AvgIpc) is 2.93. The summed E-state index contributed by atoms with van der Waals surface area (Å²) in [6.07, 6.45) is 1.78. The summed E-state index contributed by atoms with van der Waals surface area (Å²) in [7, 11) is 1.77. The number of hydrogen-bond donors (Lipinski definition) is 0. The van der Waals surface area contributed by atoms with E-state index >= 15 is 0 Å². The Balaban J connectivity index is 2.18. The molecule has 2 aromatic rings. The maximum atomic E-state index is 12.2. The fourth-order valence-electron chi connectivity index (χ4n) is 1.94. The van der Waals surface area contributed by atoms with Crippen molar-refractivity contribution >= 4 is 50.7 Å². The molecule has 1 aliphatic heterocycles. The summed E-state index contributed by atoms with van der Waals surface area (Å²) in [6.45, 7) is 0. The quantitative estimate of drug-likeness (QED) is 0.759. The number of fused-ring (bicyclic) bond motifs is 1. The summed E-state index contributed by atoms with van der Waals surface area (Å²) in [5.74, 6) is -0.0175. The van der Waals surface area contributed by atoms with Gasteiger partial charge < -0.3 is 4.90 Å². The summed E-state index contributed by atoms with van der Waals surface area (Å²) < 4.78 is 4.75. The molecule has 2 heterocycles. The van der Waals surface area contributed by atoms with E-state index < -0.39 is 0 Å². The third kappa shape index (κ3) is 1.77. The molecule has 18 heavy (non-hydrogen) atoms. The molecular formula is C12H8BrN3OS. The van der Waals surface area contributed by atoms with Gasteiger partial charge in [0, 0.05) is 22.5 Å². The number of benzene rings is 1. The number of likely N-dealkylation sites (N-methyl/N-ethyl adjacent to an activating group) is 1. The first-order valence-corrected chi connectivity index (χ1v) is 6.86. The lowest BCUT2D eigenvalue weighted by Gasteiger charge is -2.08. The van der Waals surface area contributed by atoms with Gasteiger partial charge in [-0.05, 0) is 35.8 Å². The molecule has 0 spiro atoms. The Morgan fingerprint density at radius 3 is 3.00 bits per heavy atom. The average molecular weight is 322 g/mol. The zero-order valence-corrected chi connectivity index (χ0v) is 11.8. The summed E-state index contributed by atoms with van der Waals surface area (Å²) in [5.41, 5.74) is 3.20. The van der Waals surface area contributed by atoms with Crippen molar-refractivity contribution in [3.63, 3.8) is 0 Å². The van der Waals surface area contributed by atoms with Gasteiger partial charge in [-0.2, -0.15) is 0 Å². The van der Waals surface area contributed by atoms with E-state index in [1.165, 1.54) is 11.5 Å².